The monoisotopic (exact) mass is 408 g/mol. The molecule has 6 heteroatoms. The summed E-state index contributed by atoms with van der Waals surface area (Å²) >= 11 is 6.35. The first-order chi connectivity index (χ1) is 14.1. The van der Waals surface area contributed by atoms with Gasteiger partial charge in [0.05, 0.1) is 5.69 Å². The minimum absolute atomic E-state index is 0.306. The second kappa shape index (κ2) is 10.1. The summed E-state index contributed by atoms with van der Waals surface area (Å²) in [6.45, 7) is 5.71. The van der Waals surface area contributed by atoms with E-state index < -0.39 is 0 Å². The van der Waals surface area contributed by atoms with Gasteiger partial charge in [0.1, 0.15) is 5.03 Å². The van der Waals surface area contributed by atoms with Crippen LogP contribution in [0.15, 0.2) is 69.7 Å². The van der Waals surface area contributed by atoms with Crippen LogP contribution >= 0.6 is 11.6 Å². The Balaban J connectivity index is 1.83. The minimum atomic E-state index is 0.306. The van der Waals surface area contributed by atoms with Gasteiger partial charge in [0.15, 0.2) is 12.1 Å². The van der Waals surface area contributed by atoms with Gasteiger partial charge >= 0.3 is 0 Å². The molecule has 2 aromatic carbocycles. The van der Waals surface area contributed by atoms with Crippen LogP contribution in [0.3, 0.4) is 0 Å². The van der Waals surface area contributed by atoms with Crippen LogP contribution in [-0.4, -0.2) is 43.9 Å². The molecule has 0 atom stereocenters. The van der Waals surface area contributed by atoms with Crippen molar-refractivity contribution in [2.45, 2.75) is 18.8 Å². The molecule has 3 rings (SSSR count). The highest BCUT2D eigenvalue weighted by molar-refractivity contribution is 6.45. The largest absolute Gasteiger partial charge is 0.339 e. The van der Waals surface area contributed by atoms with Crippen LogP contribution in [-0.2, 0) is 0 Å². The summed E-state index contributed by atoms with van der Waals surface area (Å²) < 4.78 is 0. The number of hydrogen-bond donors (Lipinski definition) is 1. The number of aldehydes is 1. The highest BCUT2D eigenvalue weighted by Gasteiger charge is 2.18. The second-order valence-electron chi connectivity index (χ2n) is 7.12. The SMILES string of the molecule is C=N/C=C(/Cl)C(=Nc1ccccc1C=O)Nc1ccc(C2CCN(C)CC2)cc1. The van der Waals surface area contributed by atoms with Crippen LogP contribution in [0.5, 0.6) is 0 Å². The van der Waals surface area contributed by atoms with Crippen LogP contribution in [0.1, 0.15) is 34.7 Å². The van der Waals surface area contributed by atoms with Crippen molar-refractivity contribution in [1.82, 2.24) is 4.90 Å². The topological polar surface area (TPSA) is 57.1 Å². The maximum absolute atomic E-state index is 11.3. The molecule has 1 aliphatic rings. The Morgan fingerprint density at radius 3 is 2.52 bits per heavy atom. The third-order valence-electron chi connectivity index (χ3n) is 5.09. The number of piperidine rings is 1. The van der Waals surface area contributed by atoms with Gasteiger partial charge in [-0.1, -0.05) is 35.9 Å². The Bertz CT molecular complexity index is 913. The zero-order valence-corrected chi connectivity index (χ0v) is 17.3. The van der Waals surface area contributed by atoms with Crippen LogP contribution in [0.25, 0.3) is 0 Å². The molecule has 0 amide bonds. The molecular weight excluding hydrogens is 384 g/mol. The summed E-state index contributed by atoms with van der Waals surface area (Å²) in [4.78, 5) is 21.9. The average molecular weight is 409 g/mol. The van der Waals surface area contributed by atoms with Crippen molar-refractivity contribution >= 4 is 41.8 Å². The third kappa shape index (κ3) is 5.62. The van der Waals surface area contributed by atoms with E-state index in [1.165, 1.54) is 24.6 Å². The number of anilines is 1. The van der Waals surface area contributed by atoms with E-state index in [-0.39, 0.29) is 0 Å². The Kier molecular flexibility index (Phi) is 7.33. The first-order valence-corrected chi connectivity index (χ1v) is 9.99. The molecule has 1 aliphatic heterocycles. The number of nitrogens with one attached hydrogen (secondary N) is 1. The molecule has 2 aromatic rings. The van der Waals surface area contributed by atoms with E-state index in [4.69, 9.17) is 11.6 Å². The molecule has 0 bridgehead atoms. The predicted octanol–water partition coefficient (Wildman–Crippen LogP) is 5.23. The van der Waals surface area contributed by atoms with Crippen LogP contribution in [0.4, 0.5) is 11.4 Å². The van der Waals surface area contributed by atoms with E-state index in [9.17, 15) is 4.79 Å². The Morgan fingerprint density at radius 2 is 1.86 bits per heavy atom. The van der Waals surface area contributed by atoms with Gasteiger partial charge in [-0.2, -0.15) is 0 Å². The Hall–Kier alpha value is -2.76. The van der Waals surface area contributed by atoms with Crippen molar-refractivity contribution in [3.63, 3.8) is 0 Å². The quantitative estimate of drug-likeness (QED) is 0.404. The number of halogens is 1. The average Bonchev–Trinajstić information content (AvgIpc) is 2.75. The fraction of sp³-hybridized carbons (Fsp3) is 0.261. The molecule has 29 heavy (non-hydrogen) atoms. The van der Waals surface area contributed by atoms with E-state index >= 15 is 0 Å². The van der Waals surface area contributed by atoms with Gasteiger partial charge in [0.25, 0.3) is 0 Å². The molecule has 0 aliphatic carbocycles. The maximum Gasteiger partial charge on any atom is 0.152 e. The molecule has 0 saturated carbocycles. The first kappa shape index (κ1) is 21.0. The predicted molar refractivity (Wildman–Crippen MR) is 122 cm³/mol. The number of hydrogen-bond acceptors (Lipinski definition) is 4. The lowest BCUT2D eigenvalue weighted by Crippen LogP contribution is -2.29. The molecule has 1 heterocycles. The molecule has 1 saturated heterocycles. The van der Waals surface area contributed by atoms with Crippen LogP contribution < -0.4 is 5.32 Å². The first-order valence-electron chi connectivity index (χ1n) is 9.61. The smallest absolute Gasteiger partial charge is 0.152 e. The number of amidine groups is 1. The summed E-state index contributed by atoms with van der Waals surface area (Å²) in [5.74, 6) is 1.00. The fourth-order valence-corrected chi connectivity index (χ4v) is 3.57. The fourth-order valence-electron chi connectivity index (χ4n) is 3.41. The third-order valence-corrected chi connectivity index (χ3v) is 5.37. The van der Waals surface area contributed by atoms with Crippen molar-refractivity contribution in [3.05, 3.63) is 70.9 Å². The van der Waals surface area contributed by atoms with Crippen molar-refractivity contribution < 1.29 is 4.79 Å². The summed E-state index contributed by atoms with van der Waals surface area (Å²) in [5.41, 5.74) is 3.23. The summed E-state index contributed by atoms with van der Waals surface area (Å²) in [6.07, 6.45) is 4.55. The summed E-state index contributed by atoms with van der Waals surface area (Å²) in [5, 5.41) is 3.54. The maximum atomic E-state index is 11.3. The number of nitrogens with zero attached hydrogens (tertiary/aromatic N) is 3. The van der Waals surface area contributed by atoms with Crippen molar-refractivity contribution in [3.8, 4) is 0 Å². The highest BCUT2D eigenvalue weighted by Crippen LogP contribution is 2.28. The van der Waals surface area contributed by atoms with Crippen molar-refractivity contribution in [2.24, 2.45) is 9.98 Å². The normalized spacial score (nSPS) is 16.5. The van der Waals surface area contributed by atoms with Gasteiger partial charge in [-0.15, -0.1) is 0 Å². The summed E-state index contributed by atoms with van der Waals surface area (Å²) in [6, 6.07) is 15.4. The van der Waals surface area contributed by atoms with Gasteiger partial charge < -0.3 is 10.2 Å². The number of aliphatic imine (C=N–C) groups is 2. The number of para-hydroxylation sites is 1. The van der Waals surface area contributed by atoms with Gasteiger partial charge in [-0.25, -0.2) is 4.99 Å². The van der Waals surface area contributed by atoms with Crippen LogP contribution in [0, 0.1) is 0 Å². The van der Waals surface area contributed by atoms with E-state index in [1.54, 1.807) is 18.2 Å². The lowest BCUT2D eigenvalue weighted by Gasteiger charge is -2.29. The van der Waals surface area contributed by atoms with Gasteiger partial charge in [0, 0.05) is 17.5 Å². The van der Waals surface area contributed by atoms with Crippen molar-refractivity contribution in [2.75, 3.05) is 25.5 Å². The standard InChI is InChI=1S/C23H25ClN4O/c1-25-15-21(24)23(27-22-6-4-3-5-19(22)16-29)26-20-9-7-17(8-10-20)18-11-13-28(2)14-12-18/h3-10,15-16,18H,1,11-14H2,2H3,(H,26,27)/b21-15+. The van der Waals surface area contributed by atoms with Gasteiger partial charge in [0.2, 0.25) is 0 Å². The lowest BCUT2D eigenvalue weighted by molar-refractivity contribution is 0.112. The second-order valence-corrected chi connectivity index (χ2v) is 7.53. The molecule has 1 N–H and O–H groups in total. The van der Waals surface area contributed by atoms with Crippen molar-refractivity contribution in [1.29, 1.82) is 0 Å². The van der Waals surface area contributed by atoms with Gasteiger partial charge in [-0.05, 0) is 75.4 Å². The molecule has 0 unspecified atom stereocenters. The molecule has 150 valence electrons. The molecule has 0 aromatic heterocycles. The Morgan fingerprint density at radius 1 is 1.17 bits per heavy atom. The van der Waals surface area contributed by atoms with Gasteiger partial charge in [-0.3, -0.25) is 9.79 Å². The highest BCUT2D eigenvalue weighted by atomic mass is 35.5. The van der Waals surface area contributed by atoms with E-state index in [0.717, 1.165) is 25.1 Å². The zero-order chi connectivity index (χ0) is 20.6. The molecule has 0 radical (unpaired) electrons. The minimum Gasteiger partial charge on any atom is -0.339 e. The van der Waals surface area contributed by atoms with E-state index in [0.29, 0.717) is 28.0 Å². The molecule has 1 fully saturated rings. The number of benzene rings is 2. The number of carbonyl (C=O) groups excluding carboxylic acids is 1. The summed E-state index contributed by atoms with van der Waals surface area (Å²) in [7, 11) is 2.17. The van der Waals surface area contributed by atoms with Crippen LogP contribution in [0.2, 0.25) is 0 Å². The lowest BCUT2D eigenvalue weighted by atomic mass is 9.89. The molecule has 5 nitrogen and oxygen atoms in total. The number of carbonyl (C=O) groups is 1. The number of rotatable bonds is 6. The van der Waals surface area contributed by atoms with E-state index in [1.807, 2.05) is 18.2 Å². The van der Waals surface area contributed by atoms with E-state index in [2.05, 4.69) is 46.1 Å². The molecular formula is C23H25ClN4O. The Labute approximate surface area is 176 Å². The zero-order valence-electron chi connectivity index (χ0n) is 16.5. The number of likely N-dealkylation sites (tertiary alicyclic amines) is 1. The molecule has 0 spiro atoms.